The second-order valence-corrected chi connectivity index (χ2v) is 7.68. The largest absolute Gasteiger partial charge is 0.507 e. The van der Waals surface area contributed by atoms with Crippen LogP contribution in [0, 0.1) is 5.92 Å². The maximum absolute atomic E-state index is 12.6. The van der Waals surface area contributed by atoms with E-state index in [4.69, 9.17) is 13.9 Å². The SMILES string of the molecule is C[C@@H]1[C@@H](O)[C@H](Oc2cc(O)c3c(=O)cc(-c4ccc(O)c(O)c4)oc3c2)O[C@H](CO)[C@H]1O. The predicted octanol–water partition coefficient (Wildman–Crippen LogP) is 1.03. The smallest absolute Gasteiger partial charge is 0.226 e. The third-order valence-corrected chi connectivity index (χ3v) is 5.52. The average Bonchev–Trinajstić information content (AvgIpc) is 2.75. The molecule has 10 nitrogen and oxygen atoms in total. The third-order valence-electron chi connectivity index (χ3n) is 5.52. The van der Waals surface area contributed by atoms with Crippen molar-refractivity contribution >= 4 is 11.0 Å². The van der Waals surface area contributed by atoms with Crippen LogP contribution >= 0.6 is 0 Å². The highest BCUT2D eigenvalue weighted by Crippen LogP contribution is 2.35. The summed E-state index contributed by atoms with van der Waals surface area (Å²) in [4.78, 5) is 12.6. The molecule has 1 fully saturated rings. The zero-order chi connectivity index (χ0) is 23.2. The number of hydrogen-bond acceptors (Lipinski definition) is 10. The van der Waals surface area contributed by atoms with E-state index in [9.17, 15) is 35.4 Å². The number of hydrogen-bond donors (Lipinski definition) is 6. The van der Waals surface area contributed by atoms with Crippen molar-refractivity contribution in [3.05, 3.63) is 46.6 Å². The van der Waals surface area contributed by atoms with Gasteiger partial charge in [0.2, 0.25) is 6.29 Å². The molecule has 32 heavy (non-hydrogen) atoms. The highest BCUT2D eigenvalue weighted by Gasteiger charge is 2.43. The average molecular weight is 446 g/mol. The van der Waals surface area contributed by atoms with Gasteiger partial charge in [-0.25, -0.2) is 0 Å². The van der Waals surface area contributed by atoms with Gasteiger partial charge in [-0.15, -0.1) is 0 Å². The number of aromatic hydroxyl groups is 3. The van der Waals surface area contributed by atoms with Gasteiger partial charge in [0.15, 0.2) is 16.9 Å². The van der Waals surface area contributed by atoms with Gasteiger partial charge in [0, 0.05) is 29.7 Å². The lowest BCUT2D eigenvalue weighted by Gasteiger charge is -2.40. The molecule has 0 spiro atoms. The molecule has 1 saturated heterocycles. The van der Waals surface area contributed by atoms with Gasteiger partial charge in [0.1, 0.15) is 40.4 Å². The summed E-state index contributed by atoms with van der Waals surface area (Å²) in [5, 5.41) is 59.3. The molecule has 0 aliphatic carbocycles. The molecular weight excluding hydrogens is 424 g/mol. The molecule has 3 aromatic rings. The third kappa shape index (κ3) is 3.84. The standard InChI is InChI=1S/C22H22O10/c1-9-20(28)18(8-23)32-22(21(9)29)30-11-5-14(26)19-15(27)7-16(31-17(19)6-11)10-2-3-12(24)13(25)4-10/h2-7,9,18,20-26,28-29H,8H2,1H3/t9-,18+,20-,21+,22+/m0/s1. The number of phenols is 3. The number of ether oxygens (including phenoxy) is 2. The minimum Gasteiger partial charge on any atom is -0.507 e. The molecule has 0 unspecified atom stereocenters. The molecule has 6 N–H and O–H groups in total. The Kier molecular flexibility index (Phi) is 5.70. The summed E-state index contributed by atoms with van der Waals surface area (Å²) in [5.41, 5.74) is -0.277. The Balaban J connectivity index is 1.72. The van der Waals surface area contributed by atoms with E-state index in [-0.39, 0.29) is 28.2 Å². The van der Waals surface area contributed by atoms with Crippen molar-refractivity contribution in [2.24, 2.45) is 5.92 Å². The molecule has 0 radical (unpaired) electrons. The molecule has 4 rings (SSSR count). The molecule has 1 aromatic heterocycles. The van der Waals surface area contributed by atoms with E-state index in [1.807, 2.05) is 0 Å². The number of phenolic OH excluding ortho intramolecular Hbond substituents is 3. The topological polar surface area (TPSA) is 170 Å². The Morgan fingerprint density at radius 1 is 0.969 bits per heavy atom. The first-order valence-corrected chi connectivity index (χ1v) is 9.82. The Hall–Kier alpha value is -3.31. The fourth-order valence-corrected chi connectivity index (χ4v) is 3.63. The number of aliphatic hydroxyl groups excluding tert-OH is 3. The number of fused-ring (bicyclic) bond motifs is 1. The van der Waals surface area contributed by atoms with E-state index in [0.29, 0.717) is 5.56 Å². The van der Waals surface area contributed by atoms with Gasteiger partial charge in [0.25, 0.3) is 0 Å². The van der Waals surface area contributed by atoms with Crippen molar-refractivity contribution in [2.75, 3.05) is 6.61 Å². The Bertz CT molecular complexity index is 1200. The molecule has 1 aliphatic heterocycles. The quantitative estimate of drug-likeness (QED) is 0.318. The van der Waals surface area contributed by atoms with Crippen LogP contribution in [0.2, 0.25) is 0 Å². The van der Waals surface area contributed by atoms with E-state index in [1.165, 1.54) is 24.3 Å². The maximum Gasteiger partial charge on any atom is 0.226 e. The van der Waals surface area contributed by atoms with Gasteiger partial charge in [0.05, 0.1) is 12.7 Å². The fraction of sp³-hybridized carbons (Fsp3) is 0.318. The van der Waals surface area contributed by atoms with Crippen molar-refractivity contribution < 1.29 is 44.5 Å². The molecule has 170 valence electrons. The van der Waals surface area contributed by atoms with Crippen LogP contribution in [-0.4, -0.2) is 61.8 Å². The number of benzene rings is 2. The van der Waals surface area contributed by atoms with Gasteiger partial charge in [-0.1, -0.05) is 6.92 Å². The Morgan fingerprint density at radius 3 is 2.41 bits per heavy atom. The van der Waals surface area contributed by atoms with E-state index >= 15 is 0 Å². The zero-order valence-corrected chi connectivity index (χ0v) is 16.9. The van der Waals surface area contributed by atoms with Crippen molar-refractivity contribution in [3.63, 3.8) is 0 Å². The highest BCUT2D eigenvalue weighted by molar-refractivity contribution is 5.86. The van der Waals surface area contributed by atoms with Gasteiger partial charge in [-0.3, -0.25) is 4.79 Å². The zero-order valence-electron chi connectivity index (χ0n) is 16.9. The van der Waals surface area contributed by atoms with Crippen LogP contribution in [-0.2, 0) is 4.74 Å². The summed E-state index contributed by atoms with van der Waals surface area (Å²) in [7, 11) is 0. The van der Waals surface area contributed by atoms with Crippen LogP contribution in [0.15, 0.2) is 45.6 Å². The second kappa shape index (κ2) is 8.32. The molecule has 0 saturated carbocycles. The van der Waals surface area contributed by atoms with Crippen molar-refractivity contribution in [3.8, 4) is 34.3 Å². The van der Waals surface area contributed by atoms with E-state index in [2.05, 4.69) is 0 Å². The maximum atomic E-state index is 12.6. The van der Waals surface area contributed by atoms with Crippen LogP contribution in [0.25, 0.3) is 22.3 Å². The predicted molar refractivity (Wildman–Crippen MR) is 110 cm³/mol. The fourth-order valence-electron chi connectivity index (χ4n) is 3.63. The van der Waals surface area contributed by atoms with Crippen molar-refractivity contribution in [2.45, 2.75) is 31.5 Å². The van der Waals surface area contributed by atoms with Gasteiger partial charge in [-0.05, 0) is 18.2 Å². The lowest BCUT2D eigenvalue weighted by molar-refractivity contribution is -0.260. The molecule has 5 atom stereocenters. The Labute approximate surface area is 181 Å². The lowest BCUT2D eigenvalue weighted by atomic mass is 9.91. The molecule has 10 heteroatoms. The normalized spacial score (nSPS) is 25.7. The van der Waals surface area contributed by atoms with E-state index in [1.54, 1.807) is 6.92 Å². The van der Waals surface area contributed by atoms with E-state index in [0.717, 1.165) is 12.1 Å². The molecule has 2 aromatic carbocycles. The number of aliphatic hydroxyl groups is 3. The monoisotopic (exact) mass is 446 g/mol. The van der Waals surface area contributed by atoms with Crippen LogP contribution in [0.3, 0.4) is 0 Å². The van der Waals surface area contributed by atoms with Crippen LogP contribution < -0.4 is 10.2 Å². The van der Waals surface area contributed by atoms with Crippen molar-refractivity contribution in [1.82, 2.24) is 0 Å². The Morgan fingerprint density at radius 2 is 1.72 bits per heavy atom. The summed E-state index contributed by atoms with van der Waals surface area (Å²) in [6.45, 7) is 1.09. The van der Waals surface area contributed by atoms with Crippen LogP contribution in [0.1, 0.15) is 6.92 Å². The van der Waals surface area contributed by atoms with Gasteiger partial charge in [-0.2, -0.15) is 0 Å². The first kappa shape index (κ1) is 21.9. The second-order valence-electron chi connectivity index (χ2n) is 7.68. The summed E-state index contributed by atoms with van der Waals surface area (Å²) >= 11 is 0. The highest BCUT2D eigenvalue weighted by atomic mass is 16.7. The van der Waals surface area contributed by atoms with Gasteiger partial charge < -0.3 is 44.5 Å². The van der Waals surface area contributed by atoms with Crippen LogP contribution in [0.5, 0.6) is 23.0 Å². The lowest BCUT2D eigenvalue weighted by Crippen LogP contribution is -2.56. The molecule has 2 heterocycles. The summed E-state index contributed by atoms with van der Waals surface area (Å²) in [5.74, 6) is -1.75. The first-order valence-electron chi connectivity index (χ1n) is 9.82. The molecule has 1 aliphatic rings. The molecule has 0 bridgehead atoms. The summed E-state index contributed by atoms with van der Waals surface area (Å²) < 4.78 is 16.8. The number of rotatable bonds is 4. The van der Waals surface area contributed by atoms with Crippen molar-refractivity contribution in [1.29, 1.82) is 0 Å². The summed E-state index contributed by atoms with van der Waals surface area (Å²) in [6.07, 6.45) is -4.56. The van der Waals surface area contributed by atoms with Crippen LogP contribution in [0.4, 0.5) is 0 Å². The van der Waals surface area contributed by atoms with E-state index < -0.39 is 54.1 Å². The summed E-state index contributed by atoms with van der Waals surface area (Å²) in [6, 6.07) is 7.50. The molecular formula is C22H22O10. The van der Waals surface area contributed by atoms with Gasteiger partial charge >= 0.3 is 0 Å². The molecule has 0 amide bonds. The minimum atomic E-state index is -1.26. The first-order chi connectivity index (χ1) is 15.2. The minimum absolute atomic E-state index is 0.00758.